The predicted molar refractivity (Wildman–Crippen MR) is 124 cm³/mol. The highest BCUT2D eigenvalue weighted by atomic mass is 32.2. The monoisotopic (exact) mass is 462 g/mol. The highest BCUT2D eigenvalue weighted by molar-refractivity contribution is 7.94. The number of benzene rings is 1. The number of hydrogen-bond donors (Lipinski definition) is 1. The van der Waals surface area contributed by atoms with Gasteiger partial charge in [-0.15, -0.1) is 21.5 Å². The van der Waals surface area contributed by atoms with Crippen LogP contribution in [0.4, 0.5) is 5.69 Å². The lowest BCUT2D eigenvalue weighted by atomic mass is 10.1. The summed E-state index contributed by atoms with van der Waals surface area (Å²) in [5, 5.41) is 13.1. The summed E-state index contributed by atoms with van der Waals surface area (Å²) in [6.45, 7) is 2.00. The number of hydrogen-bond acceptors (Lipinski definition) is 7. The number of fused-ring (bicyclic) bond motifs is 1. The quantitative estimate of drug-likeness (QED) is 0.404. The summed E-state index contributed by atoms with van der Waals surface area (Å²) in [6, 6.07) is 18.0. The lowest BCUT2D eigenvalue weighted by molar-refractivity contribution is 0.603. The molecule has 160 valence electrons. The van der Waals surface area contributed by atoms with Gasteiger partial charge < -0.3 is 0 Å². The molecule has 1 N–H and O–H groups in total. The lowest BCUT2D eigenvalue weighted by Gasteiger charge is -2.08. The minimum absolute atomic E-state index is 0.307. The van der Waals surface area contributed by atoms with E-state index in [0.717, 1.165) is 22.4 Å². The van der Waals surface area contributed by atoms with E-state index in [-0.39, 0.29) is 0 Å². The van der Waals surface area contributed by atoms with Crippen LogP contribution in [-0.2, 0) is 16.4 Å². The number of aromatic nitrogens is 5. The van der Waals surface area contributed by atoms with E-state index in [0.29, 0.717) is 27.1 Å². The summed E-state index contributed by atoms with van der Waals surface area (Å²) in [5.41, 5.74) is 3.47. The van der Waals surface area contributed by atoms with Gasteiger partial charge in [0.15, 0.2) is 11.5 Å². The van der Waals surface area contributed by atoms with Crippen LogP contribution in [0.1, 0.15) is 11.8 Å². The average Bonchev–Trinajstić information content (AvgIpc) is 3.47. The normalized spacial score (nSPS) is 11.7. The first-order valence-corrected chi connectivity index (χ1v) is 12.2. The fourth-order valence-corrected chi connectivity index (χ4v) is 5.58. The minimum Gasteiger partial charge on any atom is -0.279 e. The molecule has 0 amide bonds. The second kappa shape index (κ2) is 8.13. The average molecular weight is 463 g/mol. The maximum Gasteiger partial charge on any atom is 0.271 e. The van der Waals surface area contributed by atoms with E-state index < -0.39 is 10.0 Å². The Labute approximate surface area is 188 Å². The first-order chi connectivity index (χ1) is 15.5. The fourth-order valence-electron chi connectivity index (χ4n) is 3.23. The molecule has 0 aliphatic carbocycles. The first-order valence-electron chi connectivity index (χ1n) is 9.88. The molecule has 0 fully saturated rings. The molecule has 8 nitrogen and oxygen atoms in total. The van der Waals surface area contributed by atoms with E-state index in [1.165, 1.54) is 11.3 Å². The molecule has 5 rings (SSSR count). The zero-order valence-electron chi connectivity index (χ0n) is 17.0. The molecule has 0 spiro atoms. The summed E-state index contributed by atoms with van der Waals surface area (Å²) < 4.78 is 29.9. The molecule has 32 heavy (non-hydrogen) atoms. The standard InChI is InChI=1S/C22H18N6O2S2/c1-2-18-9-12-21(31-18)32(29,30)27-17-7-5-15(6-8-17)19-10-11-20-24-25-22(28(20)26-19)16-4-3-13-23-14-16/h3-14,27H,2H2,1H3. The van der Waals surface area contributed by atoms with E-state index in [9.17, 15) is 8.42 Å². The summed E-state index contributed by atoms with van der Waals surface area (Å²) in [4.78, 5) is 5.16. The van der Waals surface area contributed by atoms with Gasteiger partial charge in [-0.25, -0.2) is 8.42 Å². The van der Waals surface area contributed by atoms with Crippen molar-refractivity contribution in [1.82, 2.24) is 24.8 Å². The molecule has 10 heteroatoms. The van der Waals surface area contributed by atoms with Crippen molar-refractivity contribution in [2.24, 2.45) is 0 Å². The van der Waals surface area contributed by atoms with Gasteiger partial charge in [-0.3, -0.25) is 9.71 Å². The third-order valence-corrected chi connectivity index (χ3v) is 7.97. The number of sulfonamides is 1. The third kappa shape index (κ3) is 3.85. The summed E-state index contributed by atoms with van der Waals surface area (Å²) in [5.74, 6) is 0.599. The minimum atomic E-state index is -3.61. The smallest absolute Gasteiger partial charge is 0.271 e. The van der Waals surface area contributed by atoms with Crippen molar-refractivity contribution in [3.63, 3.8) is 0 Å². The van der Waals surface area contributed by atoms with Crippen LogP contribution in [0.5, 0.6) is 0 Å². The Morgan fingerprint density at radius 1 is 0.969 bits per heavy atom. The molecular formula is C22H18N6O2S2. The van der Waals surface area contributed by atoms with E-state index in [1.54, 1.807) is 35.1 Å². The first kappa shape index (κ1) is 20.3. The van der Waals surface area contributed by atoms with Gasteiger partial charge in [0.2, 0.25) is 0 Å². The molecule has 0 bridgehead atoms. The van der Waals surface area contributed by atoms with Gasteiger partial charge in [-0.2, -0.15) is 9.61 Å². The molecule has 0 saturated heterocycles. The van der Waals surface area contributed by atoms with Crippen LogP contribution >= 0.6 is 11.3 Å². The number of anilines is 1. The second-order valence-corrected chi connectivity index (χ2v) is 10.1. The zero-order valence-corrected chi connectivity index (χ0v) is 18.6. The topological polar surface area (TPSA) is 102 Å². The predicted octanol–water partition coefficient (Wildman–Crippen LogP) is 4.28. The van der Waals surface area contributed by atoms with Gasteiger partial charge in [0, 0.05) is 34.1 Å². The number of rotatable bonds is 6. The van der Waals surface area contributed by atoms with Gasteiger partial charge in [-0.05, 0) is 55.0 Å². The van der Waals surface area contributed by atoms with Gasteiger partial charge in [0.05, 0.1) is 5.69 Å². The Morgan fingerprint density at radius 2 is 1.81 bits per heavy atom. The van der Waals surface area contributed by atoms with Crippen molar-refractivity contribution in [3.8, 4) is 22.6 Å². The summed E-state index contributed by atoms with van der Waals surface area (Å²) in [6.07, 6.45) is 4.21. The summed E-state index contributed by atoms with van der Waals surface area (Å²) >= 11 is 1.28. The van der Waals surface area contributed by atoms with Crippen molar-refractivity contribution in [2.45, 2.75) is 17.6 Å². The molecule has 0 saturated carbocycles. The maximum atomic E-state index is 12.6. The SMILES string of the molecule is CCc1ccc(S(=O)(=O)Nc2ccc(-c3ccc4nnc(-c5cccnc5)n4n3)cc2)s1. The lowest BCUT2D eigenvalue weighted by Crippen LogP contribution is -2.11. The van der Waals surface area contributed by atoms with Gasteiger partial charge in [0.25, 0.3) is 10.0 Å². The van der Waals surface area contributed by atoms with Gasteiger partial charge in [0.1, 0.15) is 4.21 Å². The highest BCUT2D eigenvalue weighted by Gasteiger charge is 2.17. The van der Waals surface area contributed by atoms with Crippen molar-refractivity contribution in [1.29, 1.82) is 0 Å². The molecule has 4 heterocycles. The van der Waals surface area contributed by atoms with Crippen LogP contribution in [-0.4, -0.2) is 33.2 Å². The Bertz CT molecular complexity index is 1490. The zero-order chi connectivity index (χ0) is 22.1. The Kier molecular flexibility index (Phi) is 5.16. The van der Waals surface area contributed by atoms with Crippen LogP contribution in [0.3, 0.4) is 0 Å². The van der Waals surface area contributed by atoms with Crippen LogP contribution in [0.25, 0.3) is 28.3 Å². The van der Waals surface area contributed by atoms with Crippen molar-refractivity contribution < 1.29 is 8.42 Å². The van der Waals surface area contributed by atoms with E-state index in [2.05, 4.69) is 25.0 Å². The highest BCUT2D eigenvalue weighted by Crippen LogP contribution is 2.26. The molecule has 4 aromatic heterocycles. The van der Waals surface area contributed by atoms with Crippen molar-refractivity contribution in [2.75, 3.05) is 4.72 Å². The second-order valence-electron chi connectivity index (χ2n) is 7.01. The Balaban J connectivity index is 1.42. The largest absolute Gasteiger partial charge is 0.279 e. The van der Waals surface area contributed by atoms with Crippen molar-refractivity contribution >= 4 is 32.7 Å². The fraction of sp³-hybridized carbons (Fsp3) is 0.0909. The van der Waals surface area contributed by atoms with Crippen LogP contribution in [0, 0.1) is 0 Å². The Morgan fingerprint density at radius 3 is 2.53 bits per heavy atom. The molecule has 5 aromatic rings. The van der Waals surface area contributed by atoms with Gasteiger partial charge in [-0.1, -0.05) is 19.1 Å². The molecule has 0 unspecified atom stereocenters. The third-order valence-electron chi connectivity index (χ3n) is 4.87. The summed E-state index contributed by atoms with van der Waals surface area (Å²) in [7, 11) is -3.61. The number of pyridine rings is 1. The maximum absolute atomic E-state index is 12.6. The molecule has 0 radical (unpaired) electrons. The van der Waals surface area contributed by atoms with E-state index in [1.807, 2.05) is 49.4 Å². The molecule has 1 aromatic carbocycles. The van der Waals surface area contributed by atoms with Crippen LogP contribution < -0.4 is 4.72 Å². The van der Waals surface area contributed by atoms with E-state index >= 15 is 0 Å². The molecule has 0 aliphatic rings. The van der Waals surface area contributed by atoms with Crippen LogP contribution in [0.2, 0.25) is 0 Å². The van der Waals surface area contributed by atoms with Gasteiger partial charge >= 0.3 is 0 Å². The molecule has 0 aliphatic heterocycles. The molecule has 0 atom stereocenters. The Hall–Kier alpha value is -3.63. The number of nitrogens with one attached hydrogen (secondary N) is 1. The van der Waals surface area contributed by atoms with E-state index in [4.69, 9.17) is 0 Å². The number of aryl methyl sites for hydroxylation is 1. The molecular weight excluding hydrogens is 444 g/mol. The van der Waals surface area contributed by atoms with Crippen molar-refractivity contribution in [3.05, 3.63) is 77.9 Å². The van der Waals surface area contributed by atoms with Crippen LogP contribution in [0.15, 0.2) is 77.3 Å². The number of nitrogens with zero attached hydrogens (tertiary/aromatic N) is 5. The number of thiophene rings is 1.